The zero-order valence-corrected chi connectivity index (χ0v) is 12.2. The highest BCUT2D eigenvalue weighted by Gasteiger charge is 2.07. The molecule has 3 nitrogen and oxygen atoms in total. The molecule has 0 radical (unpaired) electrons. The van der Waals surface area contributed by atoms with Gasteiger partial charge in [-0.05, 0) is 35.9 Å². The fourth-order valence-electron chi connectivity index (χ4n) is 1.76. The third kappa shape index (κ3) is 3.98. The lowest BCUT2D eigenvalue weighted by Gasteiger charge is -2.13. The van der Waals surface area contributed by atoms with Crippen LogP contribution in [0.25, 0.3) is 0 Å². The molecule has 2 N–H and O–H groups in total. The molecule has 4 heteroatoms. The van der Waals surface area contributed by atoms with Gasteiger partial charge in [-0.1, -0.05) is 34.1 Å². The molecule has 19 heavy (non-hydrogen) atoms. The van der Waals surface area contributed by atoms with E-state index in [-0.39, 0.29) is 0 Å². The van der Waals surface area contributed by atoms with Crippen molar-refractivity contribution in [1.29, 1.82) is 0 Å². The van der Waals surface area contributed by atoms with E-state index in [1.807, 2.05) is 48.5 Å². The molecule has 0 aliphatic heterocycles. The van der Waals surface area contributed by atoms with E-state index in [0.29, 0.717) is 6.54 Å². The molecule has 1 unspecified atom stereocenters. The number of halogens is 1. The molecule has 0 spiro atoms. The lowest BCUT2D eigenvalue weighted by molar-refractivity contribution is 0.191. The second kappa shape index (κ2) is 6.59. The number of rotatable bonds is 5. The van der Waals surface area contributed by atoms with Crippen LogP contribution in [0.5, 0.6) is 5.75 Å². The summed E-state index contributed by atoms with van der Waals surface area (Å²) in [4.78, 5) is 0. The molecule has 0 bridgehead atoms. The first-order chi connectivity index (χ1) is 9.19. The van der Waals surface area contributed by atoms with Crippen LogP contribution in [0.1, 0.15) is 11.7 Å². The summed E-state index contributed by atoms with van der Waals surface area (Å²) in [6.45, 7) is 0.461. The minimum absolute atomic E-state index is 0.461. The Morgan fingerprint density at radius 2 is 1.95 bits per heavy atom. The highest BCUT2D eigenvalue weighted by Crippen LogP contribution is 2.20. The molecule has 0 aromatic heterocycles. The summed E-state index contributed by atoms with van der Waals surface area (Å²) >= 11 is 3.41. The summed E-state index contributed by atoms with van der Waals surface area (Å²) in [7, 11) is 1.63. The normalized spacial score (nSPS) is 11.9. The smallest absolute Gasteiger partial charge is 0.118 e. The molecule has 0 heterocycles. The second-order valence-corrected chi connectivity index (χ2v) is 5.10. The van der Waals surface area contributed by atoms with Crippen molar-refractivity contribution in [3.63, 3.8) is 0 Å². The topological polar surface area (TPSA) is 41.5 Å². The van der Waals surface area contributed by atoms with Crippen LogP contribution in [0.2, 0.25) is 0 Å². The third-order valence-electron chi connectivity index (χ3n) is 2.82. The maximum Gasteiger partial charge on any atom is 0.118 e. The predicted molar refractivity (Wildman–Crippen MR) is 80.6 cm³/mol. The highest BCUT2D eigenvalue weighted by molar-refractivity contribution is 9.10. The van der Waals surface area contributed by atoms with Crippen LogP contribution in [-0.4, -0.2) is 18.8 Å². The van der Waals surface area contributed by atoms with E-state index in [1.165, 1.54) is 0 Å². The van der Waals surface area contributed by atoms with Crippen molar-refractivity contribution in [3.8, 4) is 5.75 Å². The van der Waals surface area contributed by atoms with Crippen LogP contribution in [0.3, 0.4) is 0 Å². The number of benzene rings is 2. The number of methoxy groups -OCH3 is 1. The van der Waals surface area contributed by atoms with Crippen molar-refractivity contribution >= 4 is 21.6 Å². The zero-order valence-electron chi connectivity index (χ0n) is 10.6. The summed E-state index contributed by atoms with van der Waals surface area (Å²) in [5.41, 5.74) is 1.84. The van der Waals surface area contributed by atoms with Crippen molar-refractivity contribution in [2.45, 2.75) is 6.10 Å². The first kappa shape index (κ1) is 13.9. The number of hydrogen-bond acceptors (Lipinski definition) is 3. The van der Waals surface area contributed by atoms with E-state index in [2.05, 4.69) is 21.2 Å². The molecule has 0 saturated carbocycles. The van der Waals surface area contributed by atoms with Crippen molar-refractivity contribution < 1.29 is 9.84 Å². The van der Waals surface area contributed by atoms with E-state index in [1.54, 1.807) is 7.11 Å². The van der Waals surface area contributed by atoms with Gasteiger partial charge >= 0.3 is 0 Å². The Hall–Kier alpha value is -1.52. The van der Waals surface area contributed by atoms with Gasteiger partial charge in [0.25, 0.3) is 0 Å². The summed E-state index contributed by atoms with van der Waals surface area (Å²) in [5.74, 6) is 0.788. The maximum atomic E-state index is 10.1. The van der Waals surface area contributed by atoms with E-state index in [4.69, 9.17) is 4.74 Å². The van der Waals surface area contributed by atoms with Crippen LogP contribution >= 0.6 is 15.9 Å². The average molecular weight is 322 g/mol. The number of aliphatic hydroxyl groups excluding tert-OH is 1. The summed E-state index contributed by atoms with van der Waals surface area (Å²) < 4.78 is 6.10. The number of ether oxygens (including phenoxy) is 1. The fraction of sp³-hybridized carbons (Fsp3) is 0.200. The molecule has 2 aromatic rings. The minimum Gasteiger partial charge on any atom is -0.497 e. The van der Waals surface area contributed by atoms with Crippen LogP contribution < -0.4 is 10.1 Å². The molecule has 1 atom stereocenters. The molecular formula is C15H16BrNO2. The van der Waals surface area contributed by atoms with Crippen molar-refractivity contribution in [1.82, 2.24) is 0 Å². The molecule has 0 amide bonds. The van der Waals surface area contributed by atoms with E-state index in [9.17, 15) is 5.11 Å². The molecule has 0 aliphatic carbocycles. The summed E-state index contributed by atoms with van der Waals surface area (Å²) in [5, 5.41) is 13.3. The molecule has 0 saturated heterocycles. The first-order valence-electron chi connectivity index (χ1n) is 6.00. The third-order valence-corrected chi connectivity index (χ3v) is 3.32. The second-order valence-electron chi connectivity index (χ2n) is 4.18. The molecule has 2 rings (SSSR count). The quantitative estimate of drug-likeness (QED) is 0.884. The van der Waals surface area contributed by atoms with Crippen LogP contribution in [0.4, 0.5) is 5.69 Å². The number of aliphatic hydroxyl groups is 1. The van der Waals surface area contributed by atoms with E-state index < -0.39 is 6.10 Å². The Labute approximate surface area is 121 Å². The van der Waals surface area contributed by atoms with Crippen LogP contribution in [-0.2, 0) is 0 Å². The Morgan fingerprint density at radius 1 is 1.21 bits per heavy atom. The SMILES string of the molecule is COc1ccc(C(O)CNc2cccc(Br)c2)cc1. The Bertz CT molecular complexity index is 528. The number of hydrogen-bond donors (Lipinski definition) is 2. The van der Waals surface area contributed by atoms with Crippen LogP contribution in [0, 0.1) is 0 Å². The Kier molecular flexibility index (Phi) is 4.82. The van der Waals surface area contributed by atoms with Crippen LogP contribution in [0.15, 0.2) is 53.0 Å². The van der Waals surface area contributed by atoms with E-state index >= 15 is 0 Å². The van der Waals surface area contributed by atoms with Crippen molar-refractivity contribution in [3.05, 3.63) is 58.6 Å². The Morgan fingerprint density at radius 3 is 2.58 bits per heavy atom. The molecular weight excluding hydrogens is 306 g/mol. The highest BCUT2D eigenvalue weighted by atomic mass is 79.9. The standard InChI is InChI=1S/C15H16BrNO2/c1-19-14-7-5-11(6-8-14)15(18)10-17-13-4-2-3-12(16)9-13/h2-9,15,17-18H,10H2,1H3. The summed E-state index contributed by atoms with van der Waals surface area (Å²) in [6, 6.07) is 15.3. The van der Waals surface area contributed by atoms with E-state index in [0.717, 1.165) is 21.5 Å². The molecule has 0 aliphatic rings. The number of anilines is 1. The average Bonchev–Trinajstić information content (AvgIpc) is 2.45. The summed E-state index contributed by atoms with van der Waals surface area (Å²) in [6.07, 6.45) is -0.551. The minimum atomic E-state index is -0.551. The number of nitrogens with one attached hydrogen (secondary N) is 1. The Balaban J connectivity index is 1.95. The van der Waals surface area contributed by atoms with Gasteiger partial charge < -0.3 is 15.2 Å². The van der Waals surface area contributed by atoms with Gasteiger partial charge in [-0.3, -0.25) is 0 Å². The van der Waals surface area contributed by atoms with Gasteiger partial charge in [-0.25, -0.2) is 0 Å². The van der Waals surface area contributed by atoms with Gasteiger partial charge in [0, 0.05) is 16.7 Å². The zero-order chi connectivity index (χ0) is 13.7. The first-order valence-corrected chi connectivity index (χ1v) is 6.80. The van der Waals surface area contributed by atoms with Crippen molar-refractivity contribution in [2.75, 3.05) is 19.0 Å². The van der Waals surface area contributed by atoms with Gasteiger partial charge in [0.1, 0.15) is 5.75 Å². The lowest BCUT2D eigenvalue weighted by Crippen LogP contribution is -2.12. The van der Waals surface area contributed by atoms with Gasteiger partial charge in [0.05, 0.1) is 13.2 Å². The van der Waals surface area contributed by atoms with Gasteiger partial charge in [0.15, 0.2) is 0 Å². The largest absolute Gasteiger partial charge is 0.497 e. The molecule has 2 aromatic carbocycles. The predicted octanol–water partition coefficient (Wildman–Crippen LogP) is 3.60. The van der Waals surface area contributed by atoms with Gasteiger partial charge in [0.2, 0.25) is 0 Å². The fourth-order valence-corrected chi connectivity index (χ4v) is 2.16. The molecule has 100 valence electrons. The maximum absolute atomic E-state index is 10.1. The van der Waals surface area contributed by atoms with Gasteiger partial charge in [-0.2, -0.15) is 0 Å². The lowest BCUT2D eigenvalue weighted by atomic mass is 10.1. The monoisotopic (exact) mass is 321 g/mol. The van der Waals surface area contributed by atoms with Gasteiger partial charge in [-0.15, -0.1) is 0 Å². The molecule has 0 fully saturated rings. The van der Waals surface area contributed by atoms with Crippen molar-refractivity contribution in [2.24, 2.45) is 0 Å².